The quantitative estimate of drug-likeness (QED) is 0.575. The fourth-order valence-electron chi connectivity index (χ4n) is 3.33. The molecule has 0 radical (unpaired) electrons. The van der Waals surface area contributed by atoms with Gasteiger partial charge in [-0.2, -0.15) is 5.10 Å². The van der Waals surface area contributed by atoms with Crippen molar-refractivity contribution < 1.29 is 9.53 Å². The van der Waals surface area contributed by atoms with Gasteiger partial charge in [-0.1, -0.05) is 27.2 Å². The lowest BCUT2D eigenvalue weighted by Gasteiger charge is -2.09. The lowest BCUT2D eigenvalue weighted by atomic mass is 10.1. The molecule has 1 aliphatic rings. The lowest BCUT2D eigenvalue weighted by Crippen LogP contribution is -2.08. The number of benzene rings is 1. The number of ether oxygens (including phenoxy) is 1. The Kier molecular flexibility index (Phi) is 4.59. The molecular formula is C19H20BrN5O2. The third-order valence-corrected chi connectivity index (χ3v) is 5.34. The summed E-state index contributed by atoms with van der Waals surface area (Å²) in [4.78, 5) is 12.3. The zero-order valence-corrected chi connectivity index (χ0v) is 16.9. The number of halogens is 1. The molecule has 0 amide bonds. The van der Waals surface area contributed by atoms with Crippen molar-refractivity contribution >= 4 is 21.9 Å². The molecular weight excluding hydrogens is 410 g/mol. The van der Waals surface area contributed by atoms with E-state index in [4.69, 9.17) is 4.74 Å². The average molecular weight is 430 g/mol. The summed E-state index contributed by atoms with van der Waals surface area (Å²) >= 11 is 3.50. The van der Waals surface area contributed by atoms with Crippen molar-refractivity contribution in [2.75, 3.05) is 7.11 Å². The molecule has 1 saturated carbocycles. The van der Waals surface area contributed by atoms with Crippen LogP contribution in [0.5, 0.6) is 0 Å². The highest BCUT2D eigenvalue weighted by Gasteiger charge is 2.46. The normalized spacial score (nSPS) is 18.7. The summed E-state index contributed by atoms with van der Waals surface area (Å²) < 4.78 is 9.61. The third-order valence-electron chi connectivity index (χ3n) is 4.84. The number of aromatic nitrogens is 5. The molecule has 27 heavy (non-hydrogen) atoms. The number of rotatable bonds is 5. The fourth-order valence-corrected chi connectivity index (χ4v) is 3.72. The van der Waals surface area contributed by atoms with E-state index in [1.807, 2.05) is 39.8 Å². The first-order chi connectivity index (χ1) is 13.0. The fraction of sp³-hybridized carbons (Fsp3) is 0.368. The molecule has 0 aliphatic heterocycles. The van der Waals surface area contributed by atoms with E-state index in [9.17, 15) is 4.79 Å². The molecule has 1 fully saturated rings. The topological polar surface area (TPSA) is 74.8 Å². The molecule has 2 heterocycles. The molecule has 3 aromatic rings. The first-order valence-corrected chi connectivity index (χ1v) is 9.62. The molecule has 140 valence electrons. The van der Waals surface area contributed by atoms with Gasteiger partial charge in [-0.05, 0) is 38.5 Å². The number of carbonyl (C=O) groups excluding carboxylic acids is 1. The molecule has 1 aromatic carbocycles. The second-order valence-electron chi connectivity index (χ2n) is 6.99. The van der Waals surface area contributed by atoms with E-state index in [-0.39, 0.29) is 23.8 Å². The Hall–Kier alpha value is -2.48. The molecule has 0 bridgehead atoms. The first kappa shape index (κ1) is 17.9. The first-order valence-electron chi connectivity index (χ1n) is 8.83. The SMILES string of the molecule is COC(=O)c1cnn(-c2cccc(Br)c2)c1[C@H]1C[C@@H]1c1cn(C(C)C)nn1. The predicted octanol–water partition coefficient (Wildman–Crippen LogP) is 3.86. The van der Waals surface area contributed by atoms with Gasteiger partial charge in [0, 0.05) is 28.5 Å². The van der Waals surface area contributed by atoms with Crippen LogP contribution in [0.15, 0.2) is 41.1 Å². The van der Waals surface area contributed by atoms with Gasteiger partial charge in [0.25, 0.3) is 0 Å². The van der Waals surface area contributed by atoms with Crippen molar-refractivity contribution in [2.24, 2.45) is 0 Å². The van der Waals surface area contributed by atoms with Gasteiger partial charge < -0.3 is 4.74 Å². The Labute approximate surface area is 165 Å². The monoisotopic (exact) mass is 429 g/mol. The Morgan fingerprint density at radius 2 is 2.15 bits per heavy atom. The van der Waals surface area contributed by atoms with Gasteiger partial charge in [-0.15, -0.1) is 5.10 Å². The lowest BCUT2D eigenvalue weighted by molar-refractivity contribution is 0.0599. The van der Waals surface area contributed by atoms with Crippen molar-refractivity contribution in [1.29, 1.82) is 0 Å². The van der Waals surface area contributed by atoms with Gasteiger partial charge >= 0.3 is 5.97 Å². The Morgan fingerprint density at radius 3 is 2.81 bits per heavy atom. The summed E-state index contributed by atoms with van der Waals surface area (Å²) in [6, 6.07) is 8.11. The van der Waals surface area contributed by atoms with Crippen LogP contribution in [0.4, 0.5) is 0 Å². The van der Waals surface area contributed by atoms with Crippen LogP contribution in [0, 0.1) is 0 Å². The van der Waals surface area contributed by atoms with Gasteiger partial charge in [0.1, 0.15) is 5.56 Å². The van der Waals surface area contributed by atoms with E-state index < -0.39 is 0 Å². The highest BCUT2D eigenvalue weighted by atomic mass is 79.9. The van der Waals surface area contributed by atoms with E-state index >= 15 is 0 Å². The largest absolute Gasteiger partial charge is 0.465 e. The second kappa shape index (κ2) is 6.92. The molecule has 2 atom stereocenters. The minimum atomic E-state index is -0.372. The van der Waals surface area contributed by atoms with Crippen LogP contribution in [0.3, 0.4) is 0 Å². The van der Waals surface area contributed by atoms with E-state index in [2.05, 4.69) is 45.2 Å². The summed E-state index contributed by atoms with van der Waals surface area (Å²) in [6.45, 7) is 4.14. The van der Waals surface area contributed by atoms with Crippen molar-refractivity contribution in [3.8, 4) is 5.69 Å². The van der Waals surface area contributed by atoms with Crippen LogP contribution in [0.2, 0.25) is 0 Å². The molecule has 0 N–H and O–H groups in total. The summed E-state index contributed by atoms with van der Waals surface area (Å²) in [6.07, 6.45) is 4.48. The van der Waals surface area contributed by atoms with Gasteiger partial charge in [0.05, 0.1) is 30.4 Å². The molecule has 8 heteroatoms. The van der Waals surface area contributed by atoms with E-state index in [0.29, 0.717) is 5.56 Å². The molecule has 2 aromatic heterocycles. The van der Waals surface area contributed by atoms with Crippen LogP contribution < -0.4 is 0 Å². The molecule has 0 spiro atoms. The summed E-state index contributed by atoms with van der Waals surface area (Å²) in [5, 5.41) is 13.0. The number of nitrogens with zero attached hydrogens (tertiary/aromatic N) is 5. The molecule has 4 rings (SSSR count). The van der Waals surface area contributed by atoms with Crippen molar-refractivity contribution in [3.05, 3.63) is 58.1 Å². The van der Waals surface area contributed by atoms with Crippen molar-refractivity contribution in [2.45, 2.75) is 38.1 Å². The standard InChI is InChI=1S/C19H20BrN5O2/c1-11(2)24-10-17(22-23-24)14-8-15(14)18-16(19(26)27-3)9-21-25(18)13-6-4-5-12(20)7-13/h4-7,9-11,14-15H,8H2,1-3H3/t14-,15-/m0/s1. The highest BCUT2D eigenvalue weighted by Crippen LogP contribution is 2.55. The number of hydrogen-bond acceptors (Lipinski definition) is 5. The van der Waals surface area contributed by atoms with E-state index in [0.717, 1.165) is 28.0 Å². The predicted molar refractivity (Wildman–Crippen MR) is 103 cm³/mol. The van der Waals surface area contributed by atoms with Crippen LogP contribution in [0.1, 0.15) is 59.9 Å². The second-order valence-corrected chi connectivity index (χ2v) is 7.91. The maximum atomic E-state index is 12.3. The Morgan fingerprint density at radius 1 is 1.33 bits per heavy atom. The van der Waals surface area contributed by atoms with Gasteiger partial charge in [-0.25, -0.2) is 14.2 Å². The number of methoxy groups -OCH3 is 1. The smallest absolute Gasteiger partial charge is 0.341 e. The van der Waals surface area contributed by atoms with E-state index in [1.54, 1.807) is 6.20 Å². The van der Waals surface area contributed by atoms with Crippen LogP contribution >= 0.6 is 15.9 Å². The Balaban J connectivity index is 1.72. The molecule has 0 saturated heterocycles. The van der Waals surface area contributed by atoms with Crippen LogP contribution in [0.25, 0.3) is 5.69 Å². The van der Waals surface area contributed by atoms with Gasteiger partial charge in [0.15, 0.2) is 0 Å². The van der Waals surface area contributed by atoms with Gasteiger partial charge in [-0.3, -0.25) is 0 Å². The summed E-state index contributed by atoms with van der Waals surface area (Å²) in [5.74, 6) is 0.00383. The zero-order valence-electron chi connectivity index (χ0n) is 15.3. The average Bonchev–Trinajstić information content (AvgIpc) is 3.09. The summed E-state index contributed by atoms with van der Waals surface area (Å²) in [5.41, 5.74) is 3.21. The minimum absolute atomic E-state index is 0.151. The molecule has 0 unspecified atom stereocenters. The minimum Gasteiger partial charge on any atom is -0.465 e. The highest BCUT2D eigenvalue weighted by molar-refractivity contribution is 9.10. The third kappa shape index (κ3) is 3.29. The molecule has 1 aliphatic carbocycles. The zero-order chi connectivity index (χ0) is 19.1. The molecule has 7 nitrogen and oxygen atoms in total. The van der Waals surface area contributed by atoms with Crippen LogP contribution in [-0.4, -0.2) is 37.9 Å². The summed E-state index contributed by atoms with van der Waals surface area (Å²) in [7, 11) is 1.39. The van der Waals surface area contributed by atoms with Crippen molar-refractivity contribution in [1.82, 2.24) is 24.8 Å². The number of hydrogen-bond donors (Lipinski definition) is 0. The van der Waals surface area contributed by atoms with Gasteiger partial charge in [0.2, 0.25) is 0 Å². The Bertz CT molecular complexity index is 994. The number of carbonyl (C=O) groups is 1. The van der Waals surface area contributed by atoms with Crippen LogP contribution in [-0.2, 0) is 4.74 Å². The van der Waals surface area contributed by atoms with E-state index in [1.165, 1.54) is 7.11 Å². The number of esters is 1. The van der Waals surface area contributed by atoms with Crippen molar-refractivity contribution in [3.63, 3.8) is 0 Å². The maximum absolute atomic E-state index is 12.3. The maximum Gasteiger partial charge on any atom is 0.341 e.